The summed E-state index contributed by atoms with van der Waals surface area (Å²) in [5.74, 6) is 1.83. The van der Waals surface area contributed by atoms with Gasteiger partial charge < -0.3 is 0 Å². The van der Waals surface area contributed by atoms with Crippen LogP contribution in [0.15, 0.2) is 194 Å². The SMILES string of the molecule is c1ccc(-c2ccc(-c3nc(-c4cc5ccc6cccc7c8cccc9ccc%10cccc(c(c4)c5c67)c%10c98)nc(-n4c5ccccc5c5ccccc54)n3)cc2)cc1. The van der Waals surface area contributed by atoms with Gasteiger partial charge in [0, 0.05) is 21.9 Å². The molecule has 0 saturated heterocycles. The lowest BCUT2D eigenvalue weighted by Gasteiger charge is -2.17. The highest BCUT2D eigenvalue weighted by Gasteiger charge is 2.20. The molecule has 2 heterocycles. The maximum Gasteiger partial charge on any atom is 0.238 e. The normalized spacial score (nSPS) is 12.1. The molecule has 4 nitrogen and oxygen atoms in total. The van der Waals surface area contributed by atoms with Gasteiger partial charge in [0.05, 0.1) is 11.0 Å². The van der Waals surface area contributed by atoms with Crippen molar-refractivity contribution in [2.75, 3.05) is 0 Å². The molecular formula is C55H32N4. The first kappa shape index (κ1) is 32.2. The van der Waals surface area contributed by atoms with Crippen molar-refractivity contribution in [3.63, 3.8) is 0 Å². The summed E-state index contributed by atoms with van der Waals surface area (Å²) in [5.41, 5.74) is 6.28. The largest absolute Gasteiger partial charge is 0.278 e. The summed E-state index contributed by atoms with van der Waals surface area (Å²) in [4.78, 5) is 16.0. The second-order valence-corrected chi connectivity index (χ2v) is 15.6. The van der Waals surface area contributed by atoms with Crippen LogP contribution >= 0.6 is 0 Å². The van der Waals surface area contributed by atoms with Gasteiger partial charge in [-0.25, -0.2) is 4.98 Å². The predicted molar refractivity (Wildman–Crippen MR) is 247 cm³/mol. The number of hydrogen-bond donors (Lipinski definition) is 0. The minimum Gasteiger partial charge on any atom is -0.278 e. The van der Waals surface area contributed by atoms with E-state index in [0.717, 1.165) is 43.9 Å². The zero-order valence-electron chi connectivity index (χ0n) is 31.8. The smallest absolute Gasteiger partial charge is 0.238 e. The second kappa shape index (κ2) is 12.3. The molecular weight excluding hydrogens is 717 g/mol. The van der Waals surface area contributed by atoms with Gasteiger partial charge in [-0.05, 0) is 100 Å². The van der Waals surface area contributed by atoms with E-state index < -0.39 is 0 Å². The van der Waals surface area contributed by atoms with E-state index in [1.165, 1.54) is 64.8 Å². The van der Waals surface area contributed by atoms with Crippen molar-refractivity contribution in [2.45, 2.75) is 0 Å². The van der Waals surface area contributed by atoms with Crippen molar-refractivity contribution in [3.05, 3.63) is 194 Å². The molecule has 0 saturated carbocycles. The van der Waals surface area contributed by atoms with E-state index in [9.17, 15) is 0 Å². The van der Waals surface area contributed by atoms with Crippen LogP contribution in [0, 0.1) is 0 Å². The minimum atomic E-state index is 0.582. The van der Waals surface area contributed by atoms with Crippen LogP contribution in [0.5, 0.6) is 0 Å². The maximum atomic E-state index is 5.40. The van der Waals surface area contributed by atoms with Crippen molar-refractivity contribution in [3.8, 4) is 39.9 Å². The summed E-state index contributed by atoms with van der Waals surface area (Å²) < 4.78 is 2.19. The lowest BCUT2D eigenvalue weighted by Crippen LogP contribution is -2.06. The van der Waals surface area contributed by atoms with E-state index in [1.54, 1.807) is 0 Å². The molecule has 0 radical (unpaired) electrons. The van der Waals surface area contributed by atoms with Gasteiger partial charge in [-0.15, -0.1) is 0 Å². The fourth-order valence-electron chi connectivity index (χ4n) is 9.72. The number of aromatic nitrogens is 4. The highest BCUT2D eigenvalue weighted by Crippen LogP contribution is 2.44. The summed E-state index contributed by atoms with van der Waals surface area (Å²) in [6.45, 7) is 0. The van der Waals surface area contributed by atoms with Crippen molar-refractivity contribution < 1.29 is 0 Å². The van der Waals surface area contributed by atoms with Crippen LogP contribution in [0.2, 0.25) is 0 Å². The maximum absolute atomic E-state index is 5.40. The zero-order chi connectivity index (χ0) is 38.6. The molecule has 2 aromatic heterocycles. The lowest BCUT2D eigenvalue weighted by atomic mass is 9.87. The van der Waals surface area contributed by atoms with Crippen LogP contribution in [0.1, 0.15) is 0 Å². The first-order valence-corrected chi connectivity index (χ1v) is 20.1. The van der Waals surface area contributed by atoms with Gasteiger partial charge >= 0.3 is 0 Å². The van der Waals surface area contributed by atoms with Crippen LogP contribution in [-0.4, -0.2) is 19.5 Å². The molecule has 0 amide bonds. The van der Waals surface area contributed by atoms with Crippen LogP contribution in [-0.2, 0) is 0 Å². The summed E-state index contributed by atoms with van der Waals surface area (Å²) in [5, 5.41) is 17.1. The monoisotopic (exact) mass is 748 g/mol. The van der Waals surface area contributed by atoms with Crippen molar-refractivity contribution >= 4 is 86.4 Å². The molecule has 272 valence electrons. The Morgan fingerprint density at radius 2 is 0.712 bits per heavy atom. The third kappa shape index (κ3) is 4.75. The molecule has 13 rings (SSSR count). The third-order valence-corrected chi connectivity index (χ3v) is 12.3. The molecule has 4 heteroatoms. The number of fused-ring (bicyclic) bond motifs is 5. The molecule has 11 aromatic carbocycles. The quantitative estimate of drug-likeness (QED) is 0.168. The van der Waals surface area contributed by atoms with Gasteiger partial charge in [0.25, 0.3) is 0 Å². The lowest BCUT2D eigenvalue weighted by molar-refractivity contribution is 0.954. The van der Waals surface area contributed by atoms with Gasteiger partial charge in [0.1, 0.15) is 0 Å². The van der Waals surface area contributed by atoms with E-state index in [-0.39, 0.29) is 0 Å². The van der Waals surface area contributed by atoms with Gasteiger partial charge in [-0.3, -0.25) is 4.57 Å². The third-order valence-electron chi connectivity index (χ3n) is 12.3. The van der Waals surface area contributed by atoms with E-state index in [4.69, 9.17) is 15.0 Å². The average molecular weight is 749 g/mol. The first-order valence-electron chi connectivity index (χ1n) is 20.1. The van der Waals surface area contributed by atoms with Gasteiger partial charge in [-0.1, -0.05) is 170 Å². The van der Waals surface area contributed by atoms with Crippen LogP contribution < -0.4 is 0 Å². The molecule has 0 spiro atoms. The van der Waals surface area contributed by atoms with Crippen molar-refractivity contribution in [2.24, 2.45) is 0 Å². The predicted octanol–water partition coefficient (Wildman–Crippen LogP) is 14.3. The number of para-hydroxylation sites is 2. The van der Waals surface area contributed by atoms with E-state index >= 15 is 0 Å². The molecule has 0 atom stereocenters. The minimum absolute atomic E-state index is 0.582. The Kier molecular flexibility index (Phi) is 6.69. The van der Waals surface area contributed by atoms with Crippen LogP contribution in [0.25, 0.3) is 126 Å². The Morgan fingerprint density at radius 3 is 1.31 bits per heavy atom. The standard InChI is InChI=1S/C55H32N4/c1-2-11-33(12-3-1)34-23-28-38(29-24-34)53-56-54(58-55(57-53)59-47-21-6-4-16-41(47)42-17-5-7-22-48(42)59)40-31-39-30-27-37-14-9-19-44-43-18-8-13-35-25-26-36-15-10-20-45(51(36)49(35)43)46(32-40)52(39)50(37)44/h1-32H. The van der Waals surface area contributed by atoms with Gasteiger partial charge in [-0.2, -0.15) is 9.97 Å². The van der Waals surface area contributed by atoms with Crippen LogP contribution in [0.4, 0.5) is 0 Å². The number of hydrogen-bond acceptors (Lipinski definition) is 3. The Hall–Kier alpha value is -7.95. The average Bonchev–Trinajstić information content (AvgIpc) is 3.64. The molecule has 0 N–H and O–H groups in total. The molecule has 0 bridgehead atoms. The summed E-state index contributed by atoms with van der Waals surface area (Å²) in [7, 11) is 0. The highest BCUT2D eigenvalue weighted by molar-refractivity contribution is 6.37. The molecule has 0 unspecified atom stereocenters. The summed E-state index contributed by atoms with van der Waals surface area (Å²) >= 11 is 0. The Labute approximate surface area is 338 Å². The molecule has 0 aliphatic rings. The van der Waals surface area contributed by atoms with Gasteiger partial charge in [0.2, 0.25) is 5.95 Å². The fourth-order valence-corrected chi connectivity index (χ4v) is 9.72. The Balaban J connectivity index is 1.14. The van der Waals surface area contributed by atoms with Crippen molar-refractivity contribution in [1.82, 2.24) is 19.5 Å². The fraction of sp³-hybridized carbons (Fsp3) is 0. The Bertz CT molecular complexity index is 3770. The summed E-state index contributed by atoms with van der Waals surface area (Å²) in [6, 6.07) is 69.9. The second-order valence-electron chi connectivity index (χ2n) is 15.6. The van der Waals surface area contributed by atoms with E-state index in [2.05, 4.69) is 193 Å². The Morgan fingerprint density at radius 1 is 0.271 bits per heavy atom. The van der Waals surface area contributed by atoms with E-state index in [0.29, 0.717) is 17.6 Å². The zero-order valence-corrected chi connectivity index (χ0v) is 31.8. The molecule has 0 aliphatic heterocycles. The molecule has 0 aliphatic carbocycles. The van der Waals surface area contributed by atoms with E-state index in [1.807, 2.05) is 6.07 Å². The number of nitrogens with zero attached hydrogens (tertiary/aromatic N) is 4. The van der Waals surface area contributed by atoms with Crippen molar-refractivity contribution in [1.29, 1.82) is 0 Å². The summed E-state index contributed by atoms with van der Waals surface area (Å²) in [6.07, 6.45) is 0. The first-order chi connectivity index (χ1) is 29.2. The van der Waals surface area contributed by atoms with Gasteiger partial charge in [0.15, 0.2) is 11.6 Å². The van der Waals surface area contributed by atoms with Crippen LogP contribution in [0.3, 0.4) is 0 Å². The molecule has 0 fully saturated rings. The number of rotatable bonds is 4. The number of benzene rings is 10. The highest BCUT2D eigenvalue weighted by atomic mass is 15.2. The molecule has 59 heavy (non-hydrogen) atoms. The molecule has 13 aromatic rings. The topological polar surface area (TPSA) is 43.6 Å².